The molecule has 2 aromatic carbocycles. The van der Waals surface area contributed by atoms with Crippen LogP contribution < -0.4 is 10.1 Å². The fraction of sp³-hybridized carbons (Fsp3) is 0.286. The molecule has 0 radical (unpaired) electrons. The van der Waals surface area contributed by atoms with Crippen molar-refractivity contribution < 1.29 is 22.3 Å². The molecule has 9 heteroatoms. The number of halogens is 1. The van der Waals surface area contributed by atoms with Gasteiger partial charge in [0.25, 0.3) is 0 Å². The van der Waals surface area contributed by atoms with Gasteiger partial charge in [-0.25, -0.2) is 8.42 Å². The third kappa shape index (κ3) is 4.38. The summed E-state index contributed by atoms with van der Waals surface area (Å²) in [5, 5.41) is 2.94. The van der Waals surface area contributed by atoms with Crippen molar-refractivity contribution in [2.45, 2.75) is 28.9 Å². The van der Waals surface area contributed by atoms with E-state index in [-0.39, 0.29) is 27.8 Å². The molecule has 30 heavy (non-hydrogen) atoms. The first-order valence-corrected chi connectivity index (χ1v) is 11.8. The maximum Gasteiger partial charge on any atom is 0.233 e. The van der Waals surface area contributed by atoms with Gasteiger partial charge in [0.2, 0.25) is 26.6 Å². The van der Waals surface area contributed by atoms with Gasteiger partial charge in [-0.05, 0) is 61.4 Å². The first kappa shape index (κ1) is 20.9. The highest BCUT2D eigenvalue weighted by molar-refractivity contribution is 9.10. The number of ether oxygens (including phenoxy) is 2. The number of benzene rings is 2. The Balaban J connectivity index is 1.71. The zero-order valence-corrected chi connectivity index (χ0v) is 18.7. The van der Waals surface area contributed by atoms with Gasteiger partial charge in [-0.3, -0.25) is 0 Å². The first-order valence-electron chi connectivity index (χ1n) is 9.49. The van der Waals surface area contributed by atoms with E-state index in [9.17, 15) is 8.42 Å². The van der Waals surface area contributed by atoms with E-state index in [1.165, 1.54) is 12.1 Å². The summed E-state index contributed by atoms with van der Waals surface area (Å²) in [5.74, 6) is 1.01. The van der Waals surface area contributed by atoms with E-state index in [2.05, 4.69) is 26.2 Å². The molecule has 0 amide bonds. The minimum absolute atomic E-state index is 0.0165. The predicted molar refractivity (Wildman–Crippen MR) is 116 cm³/mol. The molecule has 1 N–H and O–H groups in total. The number of hydrogen-bond acceptors (Lipinski definition) is 7. The average molecular weight is 493 g/mol. The number of aromatic nitrogens is 1. The topological polar surface area (TPSA) is 90.7 Å². The van der Waals surface area contributed by atoms with E-state index in [0.29, 0.717) is 24.5 Å². The van der Waals surface area contributed by atoms with E-state index in [1.54, 1.807) is 43.5 Å². The van der Waals surface area contributed by atoms with E-state index < -0.39 is 9.84 Å². The number of anilines is 1. The number of sulfone groups is 1. The summed E-state index contributed by atoms with van der Waals surface area (Å²) >= 11 is 3.33. The Morgan fingerprint density at radius 1 is 1.17 bits per heavy atom. The SMILES string of the molecule is COc1ccc(-c2nc(S(=O)(=O)c3ccc(Br)cc3)c(NCC3CCCO3)o2)cc1. The second-order valence-electron chi connectivity index (χ2n) is 6.86. The number of nitrogens with one attached hydrogen (secondary N) is 1. The van der Waals surface area contributed by atoms with Crippen LogP contribution in [0.5, 0.6) is 5.75 Å². The monoisotopic (exact) mass is 492 g/mol. The van der Waals surface area contributed by atoms with Crippen LogP contribution in [-0.4, -0.2) is 39.8 Å². The van der Waals surface area contributed by atoms with Crippen molar-refractivity contribution in [1.82, 2.24) is 4.98 Å². The smallest absolute Gasteiger partial charge is 0.233 e. The van der Waals surface area contributed by atoms with Crippen molar-refractivity contribution in [2.24, 2.45) is 0 Å². The fourth-order valence-electron chi connectivity index (χ4n) is 3.19. The zero-order valence-electron chi connectivity index (χ0n) is 16.3. The predicted octanol–water partition coefficient (Wildman–Crippen LogP) is 4.54. The van der Waals surface area contributed by atoms with Crippen molar-refractivity contribution >= 4 is 31.7 Å². The van der Waals surface area contributed by atoms with Gasteiger partial charge in [-0.2, -0.15) is 4.98 Å². The summed E-state index contributed by atoms with van der Waals surface area (Å²) in [6.07, 6.45) is 1.92. The normalized spacial score (nSPS) is 16.5. The van der Waals surface area contributed by atoms with Gasteiger partial charge in [0.1, 0.15) is 5.75 Å². The third-order valence-corrected chi connectivity index (χ3v) is 7.03. The van der Waals surface area contributed by atoms with E-state index in [0.717, 1.165) is 17.3 Å². The van der Waals surface area contributed by atoms with Crippen molar-refractivity contribution in [3.63, 3.8) is 0 Å². The Labute approximate surface area is 183 Å². The lowest BCUT2D eigenvalue weighted by molar-refractivity contribution is 0.120. The molecule has 1 aromatic heterocycles. The summed E-state index contributed by atoms with van der Waals surface area (Å²) in [6, 6.07) is 13.5. The second-order valence-corrected chi connectivity index (χ2v) is 9.64. The quantitative estimate of drug-likeness (QED) is 0.517. The van der Waals surface area contributed by atoms with Crippen LogP contribution in [0.4, 0.5) is 5.88 Å². The molecule has 1 aliphatic rings. The van der Waals surface area contributed by atoms with E-state index >= 15 is 0 Å². The Morgan fingerprint density at radius 3 is 2.53 bits per heavy atom. The molecule has 7 nitrogen and oxygen atoms in total. The van der Waals surface area contributed by atoms with Gasteiger partial charge < -0.3 is 19.2 Å². The Kier molecular flexibility index (Phi) is 6.12. The Hall–Kier alpha value is -2.36. The van der Waals surface area contributed by atoms with Crippen LogP contribution in [0.1, 0.15) is 12.8 Å². The van der Waals surface area contributed by atoms with Gasteiger partial charge in [-0.1, -0.05) is 15.9 Å². The molecule has 1 saturated heterocycles. The summed E-state index contributed by atoms with van der Waals surface area (Å²) in [7, 11) is -2.31. The summed E-state index contributed by atoms with van der Waals surface area (Å²) in [4.78, 5) is 4.48. The molecule has 2 heterocycles. The fourth-order valence-corrected chi connectivity index (χ4v) is 4.74. The lowest BCUT2D eigenvalue weighted by Gasteiger charge is -2.10. The van der Waals surface area contributed by atoms with Crippen LogP contribution in [-0.2, 0) is 14.6 Å². The standard InChI is InChI=1S/C21H21BrN2O5S/c1-27-16-8-4-14(5-9-16)19-24-21(20(29-19)23-13-17-3-2-12-28-17)30(25,26)18-10-6-15(22)7-11-18/h4-11,17,23H,2-3,12-13H2,1H3. The first-order chi connectivity index (χ1) is 14.5. The van der Waals surface area contributed by atoms with Crippen molar-refractivity contribution in [3.8, 4) is 17.2 Å². The van der Waals surface area contributed by atoms with Crippen LogP contribution in [0.25, 0.3) is 11.5 Å². The third-order valence-electron chi connectivity index (χ3n) is 4.83. The molecule has 0 spiro atoms. The molecule has 3 aromatic rings. The van der Waals surface area contributed by atoms with Crippen LogP contribution >= 0.6 is 15.9 Å². The van der Waals surface area contributed by atoms with Gasteiger partial charge in [0.05, 0.1) is 18.1 Å². The Bertz CT molecular complexity index is 1110. The Morgan fingerprint density at radius 2 is 1.90 bits per heavy atom. The van der Waals surface area contributed by atoms with E-state index in [1.807, 2.05) is 0 Å². The van der Waals surface area contributed by atoms with Crippen LogP contribution in [0.15, 0.2) is 67.3 Å². The van der Waals surface area contributed by atoms with Crippen molar-refractivity contribution in [3.05, 3.63) is 53.0 Å². The molecule has 0 bridgehead atoms. The largest absolute Gasteiger partial charge is 0.497 e. The van der Waals surface area contributed by atoms with Gasteiger partial charge in [0, 0.05) is 23.2 Å². The molecule has 1 aliphatic heterocycles. The van der Waals surface area contributed by atoms with Gasteiger partial charge in [0.15, 0.2) is 0 Å². The summed E-state index contributed by atoms with van der Waals surface area (Å²) in [6.45, 7) is 1.16. The van der Waals surface area contributed by atoms with Crippen molar-refractivity contribution in [1.29, 1.82) is 0 Å². The number of oxazole rings is 1. The number of hydrogen-bond donors (Lipinski definition) is 1. The molecule has 1 unspecified atom stereocenters. The highest BCUT2D eigenvalue weighted by atomic mass is 79.9. The highest BCUT2D eigenvalue weighted by Gasteiger charge is 2.29. The molecule has 158 valence electrons. The number of nitrogens with zero attached hydrogens (tertiary/aromatic N) is 1. The van der Waals surface area contributed by atoms with Crippen LogP contribution in [0.2, 0.25) is 0 Å². The number of methoxy groups -OCH3 is 1. The van der Waals surface area contributed by atoms with Gasteiger partial charge in [-0.15, -0.1) is 0 Å². The highest BCUT2D eigenvalue weighted by Crippen LogP contribution is 2.33. The number of rotatable bonds is 7. The summed E-state index contributed by atoms with van der Waals surface area (Å²) < 4.78 is 44.0. The second kappa shape index (κ2) is 8.79. The molecule has 0 saturated carbocycles. The lowest BCUT2D eigenvalue weighted by atomic mass is 10.2. The minimum Gasteiger partial charge on any atom is -0.497 e. The molecular weight excluding hydrogens is 472 g/mol. The zero-order chi connectivity index (χ0) is 21.1. The van der Waals surface area contributed by atoms with E-state index in [4.69, 9.17) is 13.9 Å². The average Bonchev–Trinajstić information content (AvgIpc) is 3.43. The van der Waals surface area contributed by atoms with Crippen LogP contribution in [0, 0.1) is 0 Å². The van der Waals surface area contributed by atoms with Crippen molar-refractivity contribution in [2.75, 3.05) is 25.6 Å². The van der Waals surface area contributed by atoms with Crippen LogP contribution in [0.3, 0.4) is 0 Å². The van der Waals surface area contributed by atoms with Gasteiger partial charge >= 0.3 is 0 Å². The molecule has 4 rings (SSSR count). The summed E-state index contributed by atoms with van der Waals surface area (Å²) in [5.41, 5.74) is 0.647. The minimum atomic E-state index is -3.89. The molecular formula is C21H21BrN2O5S. The lowest BCUT2D eigenvalue weighted by Crippen LogP contribution is -2.19. The molecule has 1 fully saturated rings. The maximum atomic E-state index is 13.3. The molecule has 1 atom stereocenters. The maximum absolute atomic E-state index is 13.3. The molecule has 0 aliphatic carbocycles.